The van der Waals surface area contributed by atoms with Crippen LogP contribution in [0.5, 0.6) is 0 Å². The Morgan fingerprint density at radius 2 is 1.88 bits per heavy atom. The molecule has 0 saturated carbocycles. The highest BCUT2D eigenvalue weighted by atomic mass is 16.5. The monoisotopic (exact) mass is 327 g/mol. The first-order valence-corrected chi connectivity index (χ1v) is 7.23. The Kier molecular flexibility index (Phi) is 6.01. The van der Waals surface area contributed by atoms with Crippen molar-refractivity contribution in [1.29, 1.82) is 0 Å². The van der Waals surface area contributed by atoms with Gasteiger partial charge in [-0.1, -0.05) is 18.2 Å². The first kappa shape index (κ1) is 17.1. The van der Waals surface area contributed by atoms with E-state index >= 15 is 0 Å². The number of hydrogen-bond acceptors (Lipinski definition) is 5. The van der Waals surface area contributed by atoms with Crippen LogP contribution in [0.25, 0.3) is 0 Å². The van der Waals surface area contributed by atoms with Gasteiger partial charge in [0.2, 0.25) is 11.8 Å². The number of anilines is 1. The molecule has 0 bridgehead atoms. The van der Waals surface area contributed by atoms with Gasteiger partial charge in [0.05, 0.1) is 18.4 Å². The summed E-state index contributed by atoms with van der Waals surface area (Å²) < 4.78 is 4.65. The second kappa shape index (κ2) is 8.42. The Balaban J connectivity index is 1.89. The molecule has 0 aliphatic carbocycles. The lowest BCUT2D eigenvalue weighted by molar-refractivity contribution is -0.126. The Labute approximate surface area is 139 Å². The Bertz CT molecular complexity index is 732. The second-order valence-corrected chi connectivity index (χ2v) is 4.90. The highest BCUT2D eigenvalue weighted by molar-refractivity contribution is 6.06. The molecule has 0 radical (unpaired) electrons. The summed E-state index contributed by atoms with van der Waals surface area (Å²) in [6.45, 7) is 0.290. The number of aromatic nitrogens is 1. The third-order valence-corrected chi connectivity index (χ3v) is 3.14. The highest BCUT2D eigenvalue weighted by Crippen LogP contribution is 2.16. The van der Waals surface area contributed by atoms with Crippen LogP contribution in [0.2, 0.25) is 0 Å². The van der Waals surface area contributed by atoms with Crippen LogP contribution in [0.3, 0.4) is 0 Å². The van der Waals surface area contributed by atoms with Crippen molar-refractivity contribution in [3.05, 3.63) is 59.9 Å². The van der Waals surface area contributed by atoms with E-state index in [9.17, 15) is 14.4 Å². The minimum atomic E-state index is -0.563. The lowest BCUT2D eigenvalue weighted by Gasteiger charge is -2.09. The van der Waals surface area contributed by atoms with Gasteiger partial charge in [0.1, 0.15) is 6.42 Å². The quantitative estimate of drug-likeness (QED) is 0.619. The van der Waals surface area contributed by atoms with Gasteiger partial charge in [0.15, 0.2) is 0 Å². The van der Waals surface area contributed by atoms with Crippen molar-refractivity contribution in [3.8, 4) is 0 Å². The van der Waals surface area contributed by atoms with E-state index in [1.165, 1.54) is 13.2 Å². The SMILES string of the molecule is COC(=O)c1ccccc1NC(=O)CC(=O)NCc1cccnc1. The smallest absolute Gasteiger partial charge is 0.339 e. The van der Waals surface area contributed by atoms with Gasteiger partial charge in [-0.25, -0.2) is 4.79 Å². The second-order valence-electron chi connectivity index (χ2n) is 4.90. The van der Waals surface area contributed by atoms with Gasteiger partial charge in [-0.3, -0.25) is 14.6 Å². The Hall–Kier alpha value is -3.22. The van der Waals surface area contributed by atoms with Crippen molar-refractivity contribution in [2.75, 3.05) is 12.4 Å². The standard InChI is InChI=1S/C17H17N3O4/c1-24-17(23)13-6-2-3-7-14(13)20-16(22)9-15(21)19-11-12-5-4-8-18-10-12/h2-8,10H,9,11H2,1H3,(H,19,21)(H,20,22). The van der Waals surface area contributed by atoms with E-state index in [0.29, 0.717) is 12.2 Å². The maximum atomic E-state index is 12.0. The number of nitrogens with one attached hydrogen (secondary N) is 2. The van der Waals surface area contributed by atoms with Gasteiger partial charge in [-0.05, 0) is 23.8 Å². The fourth-order valence-corrected chi connectivity index (χ4v) is 1.99. The summed E-state index contributed by atoms with van der Waals surface area (Å²) in [5, 5.41) is 5.17. The zero-order chi connectivity index (χ0) is 17.4. The predicted molar refractivity (Wildman–Crippen MR) is 87.1 cm³/mol. The third kappa shape index (κ3) is 4.91. The van der Waals surface area contributed by atoms with Gasteiger partial charge >= 0.3 is 5.97 Å². The fraction of sp³-hybridized carbons (Fsp3) is 0.176. The maximum Gasteiger partial charge on any atom is 0.339 e. The Morgan fingerprint density at radius 3 is 2.58 bits per heavy atom. The molecule has 1 aromatic carbocycles. The average molecular weight is 327 g/mol. The van der Waals surface area contributed by atoms with E-state index in [-0.39, 0.29) is 12.0 Å². The molecule has 2 aromatic rings. The van der Waals surface area contributed by atoms with Crippen LogP contribution >= 0.6 is 0 Å². The van der Waals surface area contributed by atoms with E-state index in [2.05, 4.69) is 20.4 Å². The molecule has 124 valence electrons. The van der Waals surface area contributed by atoms with Crippen molar-refractivity contribution in [1.82, 2.24) is 10.3 Å². The maximum absolute atomic E-state index is 12.0. The van der Waals surface area contributed by atoms with Crippen molar-refractivity contribution < 1.29 is 19.1 Å². The molecule has 2 amide bonds. The minimum absolute atomic E-state index is 0.226. The van der Waals surface area contributed by atoms with E-state index in [4.69, 9.17) is 0 Å². The minimum Gasteiger partial charge on any atom is -0.465 e. The molecule has 7 heteroatoms. The van der Waals surface area contributed by atoms with Crippen LogP contribution in [0.1, 0.15) is 22.3 Å². The molecule has 7 nitrogen and oxygen atoms in total. The molecule has 1 heterocycles. The summed E-state index contributed by atoms with van der Waals surface area (Å²) in [7, 11) is 1.26. The molecular formula is C17H17N3O4. The number of benzene rings is 1. The summed E-state index contributed by atoms with van der Waals surface area (Å²) in [5.74, 6) is -1.51. The number of amides is 2. The van der Waals surface area contributed by atoms with Gasteiger partial charge in [-0.15, -0.1) is 0 Å². The topological polar surface area (TPSA) is 97.4 Å². The van der Waals surface area contributed by atoms with Crippen molar-refractivity contribution in [2.24, 2.45) is 0 Å². The molecule has 2 N–H and O–H groups in total. The molecule has 0 aliphatic rings. The lowest BCUT2D eigenvalue weighted by Crippen LogP contribution is -2.28. The molecule has 0 fully saturated rings. The molecule has 0 spiro atoms. The number of nitrogens with zero attached hydrogens (tertiary/aromatic N) is 1. The lowest BCUT2D eigenvalue weighted by atomic mass is 10.1. The number of para-hydroxylation sites is 1. The largest absolute Gasteiger partial charge is 0.465 e. The summed E-state index contributed by atoms with van der Waals surface area (Å²) in [6.07, 6.45) is 2.92. The van der Waals surface area contributed by atoms with E-state index < -0.39 is 17.8 Å². The van der Waals surface area contributed by atoms with E-state index in [1.54, 1.807) is 36.7 Å². The van der Waals surface area contributed by atoms with Crippen LogP contribution in [-0.2, 0) is 20.9 Å². The van der Waals surface area contributed by atoms with Gasteiger partial charge in [-0.2, -0.15) is 0 Å². The van der Waals surface area contributed by atoms with Gasteiger partial charge in [0.25, 0.3) is 0 Å². The predicted octanol–water partition coefficient (Wildman–Crippen LogP) is 1.51. The molecule has 0 aliphatic heterocycles. The third-order valence-electron chi connectivity index (χ3n) is 3.14. The normalized spacial score (nSPS) is 9.88. The molecule has 24 heavy (non-hydrogen) atoms. The van der Waals surface area contributed by atoms with Crippen LogP contribution in [0.4, 0.5) is 5.69 Å². The molecule has 0 atom stereocenters. The average Bonchev–Trinajstić information content (AvgIpc) is 2.60. The number of carbonyl (C=O) groups is 3. The summed E-state index contributed by atoms with van der Waals surface area (Å²) in [4.78, 5) is 39.3. The number of pyridine rings is 1. The van der Waals surface area contributed by atoms with E-state index in [1.807, 2.05) is 6.07 Å². The van der Waals surface area contributed by atoms with Gasteiger partial charge < -0.3 is 15.4 Å². The number of esters is 1. The van der Waals surface area contributed by atoms with Crippen LogP contribution in [0.15, 0.2) is 48.8 Å². The van der Waals surface area contributed by atoms with Crippen molar-refractivity contribution in [3.63, 3.8) is 0 Å². The number of methoxy groups -OCH3 is 1. The summed E-state index contributed by atoms with van der Waals surface area (Å²) in [6, 6.07) is 10.0. The number of carbonyl (C=O) groups excluding carboxylic acids is 3. The fourth-order valence-electron chi connectivity index (χ4n) is 1.99. The van der Waals surface area contributed by atoms with Crippen LogP contribution < -0.4 is 10.6 Å². The van der Waals surface area contributed by atoms with Crippen molar-refractivity contribution >= 4 is 23.5 Å². The summed E-state index contributed by atoms with van der Waals surface area (Å²) >= 11 is 0. The molecule has 1 aromatic heterocycles. The number of rotatable bonds is 6. The van der Waals surface area contributed by atoms with Crippen LogP contribution in [-0.4, -0.2) is 29.9 Å². The number of ether oxygens (including phenoxy) is 1. The molecule has 0 saturated heterocycles. The zero-order valence-corrected chi connectivity index (χ0v) is 13.1. The summed E-state index contributed by atoms with van der Waals surface area (Å²) in [5.41, 5.74) is 1.36. The van der Waals surface area contributed by atoms with Crippen molar-refractivity contribution in [2.45, 2.75) is 13.0 Å². The number of hydrogen-bond donors (Lipinski definition) is 2. The van der Waals surface area contributed by atoms with E-state index in [0.717, 1.165) is 5.56 Å². The zero-order valence-electron chi connectivity index (χ0n) is 13.1. The Morgan fingerprint density at radius 1 is 1.08 bits per heavy atom. The van der Waals surface area contributed by atoms with Gasteiger partial charge in [0, 0.05) is 18.9 Å². The first-order chi connectivity index (χ1) is 11.6. The first-order valence-electron chi connectivity index (χ1n) is 7.23. The van der Waals surface area contributed by atoms with Crippen LogP contribution in [0, 0.1) is 0 Å². The highest BCUT2D eigenvalue weighted by Gasteiger charge is 2.15. The molecule has 2 rings (SSSR count). The molecule has 0 unspecified atom stereocenters. The molecular weight excluding hydrogens is 310 g/mol.